The minimum Gasteiger partial charge on any atom is -0.465 e. The number of nitrogens with zero attached hydrogens (tertiary/aromatic N) is 2. The van der Waals surface area contributed by atoms with Gasteiger partial charge in [0.15, 0.2) is 0 Å². The van der Waals surface area contributed by atoms with E-state index >= 15 is 0 Å². The van der Waals surface area contributed by atoms with Crippen molar-refractivity contribution >= 4 is 5.97 Å². The van der Waals surface area contributed by atoms with Crippen LogP contribution in [0.4, 0.5) is 0 Å². The topological polar surface area (TPSA) is 53.3 Å². The van der Waals surface area contributed by atoms with E-state index in [0.717, 1.165) is 25.8 Å². The molecule has 92 valence electrons. The molecule has 4 nitrogen and oxygen atoms in total. The molecule has 16 heavy (non-hydrogen) atoms. The number of nitriles is 1. The van der Waals surface area contributed by atoms with E-state index in [9.17, 15) is 4.79 Å². The number of carbonyl (C=O) groups is 1. The summed E-state index contributed by atoms with van der Waals surface area (Å²) in [6.45, 7) is 7.32. The summed E-state index contributed by atoms with van der Waals surface area (Å²) in [5.41, 5.74) is 0. The Morgan fingerprint density at radius 3 is 2.50 bits per heavy atom. The second kappa shape index (κ2) is 9.17. The average molecular weight is 226 g/mol. The van der Waals surface area contributed by atoms with Crippen LogP contribution in [0.3, 0.4) is 0 Å². The van der Waals surface area contributed by atoms with Crippen molar-refractivity contribution in [3.8, 4) is 6.07 Å². The third-order valence-corrected chi connectivity index (χ3v) is 2.35. The zero-order chi connectivity index (χ0) is 12.4. The van der Waals surface area contributed by atoms with Gasteiger partial charge < -0.3 is 4.74 Å². The molecule has 1 unspecified atom stereocenters. The second-order valence-electron chi connectivity index (χ2n) is 3.69. The van der Waals surface area contributed by atoms with E-state index in [-0.39, 0.29) is 18.6 Å². The molecule has 0 fully saturated rings. The molecule has 4 heteroatoms. The Labute approximate surface area is 98.2 Å². The van der Waals surface area contributed by atoms with Gasteiger partial charge in [0.2, 0.25) is 0 Å². The van der Waals surface area contributed by atoms with Crippen LogP contribution in [0.1, 0.15) is 40.0 Å². The third-order valence-electron chi connectivity index (χ3n) is 2.35. The molecule has 0 spiro atoms. The van der Waals surface area contributed by atoms with Gasteiger partial charge in [0.1, 0.15) is 6.04 Å². The average Bonchev–Trinajstić information content (AvgIpc) is 2.26. The van der Waals surface area contributed by atoms with E-state index < -0.39 is 0 Å². The molecule has 0 aromatic rings. The van der Waals surface area contributed by atoms with Crippen molar-refractivity contribution < 1.29 is 9.53 Å². The molecule has 0 radical (unpaired) electrons. The molecule has 0 aromatic carbocycles. The molecule has 1 atom stereocenters. The first-order valence-corrected chi connectivity index (χ1v) is 5.98. The first kappa shape index (κ1) is 14.9. The SMILES string of the molecule is CCCC(C(=O)OCC)N(CC#N)CCC. The molecule has 0 bridgehead atoms. The van der Waals surface area contributed by atoms with Crippen LogP contribution >= 0.6 is 0 Å². The van der Waals surface area contributed by atoms with Crippen LogP contribution in [-0.2, 0) is 9.53 Å². The quantitative estimate of drug-likeness (QED) is 0.469. The largest absolute Gasteiger partial charge is 0.465 e. The molecule has 0 N–H and O–H groups in total. The maximum Gasteiger partial charge on any atom is 0.323 e. The van der Waals surface area contributed by atoms with Gasteiger partial charge in [-0.1, -0.05) is 20.3 Å². The molecule has 0 saturated heterocycles. The predicted molar refractivity (Wildman–Crippen MR) is 62.8 cm³/mol. The highest BCUT2D eigenvalue weighted by Gasteiger charge is 2.25. The number of esters is 1. The van der Waals surface area contributed by atoms with Gasteiger partial charge >= 0.3 is 5.97 Å². The standard InChI is InChI=1S/C12H22N2O2/c1-4-7-11(12(15)16-6-3)14(9-5-2)10-8-13/h11H,4-7,9-10H2,1-3H3. The molecule has 0 heterocycles. The fourth-order valence-corrected chi connectivity index (χ4v) is 1.68. The molecular formula is C12H22N2O2. The van der Waals surface area contributed by atoms with Gasteiger partial charge in [-0.15, -0.1) is 0 Å². The third kappa shape index (κ3) is 5.13. The second-order valence-corrected chi connectivity index (χ2v) is 3.69. The van der Waals surface area contributed by atoms with Crippen molar-refractivity contribution in [1.29, 1.82) is 5.26 Å². The van der Waals surface area contributed by atoms with Gasteiger partial charge in [0, 0.05) is 0 Å². The lowest BCUT2D eigenvalue weighted by Gasteiger charge is -2.27. The Kier molecular flexibility index (Phi) is 8.55. The van der Waals surface area contributed by atoms with Gasteiger partial charge in [-0.2, -0.15) is 5.26 Å². The normalized spacial score (nSPS) is 12.2. The first-order valence-electron chi connectivity index (χ1n) is 5.98. The van der Waals surface area contributed by atoms with Gasteiger partial charge in [-0.25, -0.2) is 0 Å². The fourth-order valence-electron chi connectivity index (χ4n) is 1.68. The summed E-state index contributed by atoms with van der Waals surface area (Å²) < 4.78 is 5.04. The van der Waals surface area contributed by atoms with Crippen molar-refractivity contribution in [3.05, 3.63) is 0 Å². The van der Waals surface area contributed by atoms with Gasteiger partial charge in [-0.05, 0) is 26.3 Å². The first-order chi connectivity index (χ1) is 7.71. The number of ether oxygens (including phenoxy) is 1. The molecule has 0 rings (SSSR count). The zero-order valence-corrected chi connectivity index (χ0v) is 10.5. The van der Waals surface area contributed by atoms with E-state index in [4.69, 9.17) is 10.00 Å². The van der Waals surface area contributed by atoms with E-state index in [1.807, 2.05) is 18.7 Å². The highest BCUT2D eigenvalue weighted by atomic mass is 16.5. The smallest absolute Gasteiger partial charge is 0.323 e. The number of carbonyl (C=O) groups excluding carboxylic acids is 1. The Bertz CT molecular complexity index is 236. The Balaban J connectivity index is 4.55. The summed E-state index contributed by atoms with van der Waals surface area (Å²) >= 11 is 0. The van der Waals surface area contributed by atoms with Crippen LogP contribution in [0.2, 0.25) is 0 Å². The van der Waals surface area contributed by atoms with Crippen molar-refractivity contribution in [3.63, 3.8) is 0 Å². The van der Waals surface area contributed by atoms with Crippen LogP contribution in [0.15, 0.2) is 0 Å². The highest BCUT2D eigenvalue weighted by molar-refractivity contribution is 5.75. The van der Waals surface area contributed by atoms with Crippen LogP contribution in [0, 0.1) is 11.3 Å². The summed E-state index contributed by atoms with van der Waals surface area (Å²) in [6, 6.07) is 1.85. The van der Waals surface area contributed by atoms with Crippen LogP contribution in [-0.4, -0.2) is 36.6 Å². The van der Waals surface area contributed by atoms with E-state index in [2.05, 4.69) is 6.07 Å². The molecular weight excluding hydrogens is 204 g/mol. The van der Waals surface area contributed by atoms with E-state index in [0.29, 0.717) is 6.61 Å². The maximum atomic E-state index is 11.8. The Morgan fingerprint density at radius 2 is 2.06 bits per heavy atom. The van der Waals surface area contributed by atoms with Crippen LogP contribution in [0.25, 0.3) is 0 Å². The van der Waals surface area contributed by atoms with E-state index in [1.165, 1.54) is 0 Å². The van der Waals surface area contributed by atoms with Crippen molar-refractivity contribution in [1.82, 2.24) is 4.90 Å². The number of hydrogen-bond acceptors (Lipinski definition) is 4. The molecule has 0 aliphatic rings. The molecule has 0 saturated carbocycles. The zero-order valence-electron chi connectivity index (χ0n) is 10.5. The van der Waals surface area contributed by atoms with Crippen molar-refractivity contribution in [2.45, 2.75) is 46.1 Å². The van der Waals surface area contributed by atoms with Crippen molar-refractivity contribution in [2.75, 3.05) is 19.7 Å². The minimum absolute atomic E-state index is 0.201. The van der Waals surface area contributed by atoms with Gasteiger partial charge in [0.05, 0.1) is 19.2 Å². The predicted octanol–water partition coefficient (Wildman–Crippen LogP) is 1.95. The Hall–Kier alpha value is -1.08. The molecule has 0 aliphatic heterocycles. The lowest BCUT2D eigenvalue weighted by atomic mass is 10.1. The lowest BCUT2D eigenvalue weighted by Crippen LogP contribution is -2.42. The molecule has 0 amide bonds. The summed E-state index contributed by atoms with van der Waals surface area (Å²) in [5, 5.41) is 8.75. The number of rotatable bonds is 8. The monoisotopic (exact) mass is 226 g/mol. The Morgan fingerprint density at radius 1 is 1.38 bits per heavy atom. The van der Waals surface area contributed by atoms with Crippen LogP contribution < -0.4 is 0 Å². The summed E-state index contributed by atoms with van der Waals surface area (Å²) in [6.07, 6.45) is 2.59. The summed E-state index contributed by atoms with van der Waals surface area (Å²) in [7, 11) is 0. The lowest BCUT2D eigenvalue weighted by molar-refractivity contribution is -0.149. The number of hydrogen-bond donors (Lipinski definition) is 0. The summed E-state index contributed by atoms with van der Waals surface area (Å²) in [4.78, 5) is 13.7. The molecule has 0 aliphatic carbocycles. The van der Waals surface area contributed by atoms with Crippen LogP contribution in [0.5, 0.6) is 0 Å². The maximum absolute atomic E-state index is 11.8. The molecule has 0 aromatic heterocycles. The highest BCUT2D eigenvalue weighted by Crippen LogP contribution is 2.09. The van der Waals surface area contributed by atoms with Crippen molar-refractivity contribution in [2.24, 2.45) is 0 Å². The summed E-state index contributed by atoms with van der Waals surface area (Å²) in [5.74, 6) is -0.201. The van der Waals surface area contributed by atoms with Gasteiger partial charge in [-0.3, -0.25) is 9.69 Å². The fraction of sp³-hybridized carbons (Fsp3) is 0.833. The minimum atomic E-state index is -0.260. The van der Waals surface area contributed by atoms with Gasteiger partial charge in [0.25, 0.3) is 0 Å². The van der Waals surface area contributed by atoms with E-state index in [1.54, 1.807) is 6.92 Å².